The lowest BCUT2D eigenvalue weighted by Crippen LogP contribution is -2.33. The summed E-state index contributed by atoms with van der Waals surface area (Å²) < 4.78 is 11.3. The molecule has 23 heavy (non-hydrogen) atoms. The Labute approximate surface area is 140 Å². The number of benzene rings is 1. The molecule has 1 atom stereocenters. The van der Waals surface area contributed by atoms with Crippen LogP contribution in [-0.4, -0.2) is 34.6 Å². The first kappa shape index (κ1) is 14.8. The fourth-order valence-electron chi connectivity index (χ4n) is 3.44. The topological polar surface area (TPSA) is 50.4 Å². The smallest absolute Gasteiger partial charge is 0.179 e. The Hall–Kier alpha value is -1.72. The first-order valence-corrected chi connectivity index (χ1v) is 8.50. The van der Waals surface area contributed by atoms with Crippen LogP contribution in [-0.2, 0) is 6.54 Å². The molecule has 0 spiro atoms. The van der Waals surface area contributed by atoms with E-state index in [9.17, 15) is 0 Å². The van der Waals surface area contributed by atoms with E-state index >= 15 is 0 Å². The highest BCUT2D eigenvalue weighted by molar-refractivity contribution is 6.32. The van der Waals surface area contributed by atoms with Gasteiger partial charge >= 0.3 is 0 Å². The lowest BCUT2D eigenvalue weighted by molar-refractivity contribution is 0.133. The van der Waals surface area contributed by atoms with Crippen molar-refractivity contribution in [3.8, 4) is 11.5 Å². The Morgan fingerprint density at radius 1 is 1.26 bits per heavy atom. The van der Waals surface area contributed by atoms with Crippen molar-refractivity contribution in [1.29, 1.82) is 0 Å². The summed E-state index contributed by atoms with van der Waals surface area (Å²) in [4.78, 5) is 10.2. The summed E-state index contributed by atoms with van der Waals surface area (Å²) in [5.74, 6) is 2.47. The maximum Gasteiger partial charge on any atom is 0.179 e. The molecule has 0 aliphatic carbocycles. The summed E-state index contributed by atoms with van der Waals surface area (Å²) in [6, 6.07) is 4.38. The van der Waals surface area contributed by atoms with Gasteiger partial charge in [0.05, 0.1) is 11.1 Å². The Balaban J connectivity index is 1.57. The number of nitrogens with zero attached hydrogens (tertiary/aromatic N) is 2. The second-order valence-corrected chi connectivity index (χ2v) is 6.47. The second-order valence-electron chi connectivity index (χ2n) is 6.06. The number of aromatic amines is 1. The number of aromatic nitrogens is 2. The highest BCUT2D eigenvalue weighted by atomic mass is 35.5. The van der Waals surface area contributed by atoms with Crippen molar-refractivity contribution in [2.24, 2.45) is 0 Å². The fourth-order valence-corrected chi connectivity index (χ4v) is 3.73. The first-order valence-electron chi connectivity index (χ1n) is 8.12. The SMILES string of the molecule is Clc1cc(CN2CCCCC2c2ncc[nH]2)cc2c1OCCO2. The van der Waals surface area contributed by atoms with Crippen molar-refractivity contribution < 1.29 is 9.47 Å². The molecule has 1 saturated heterocycles. The van der Waals surface area contributed by atoms with Crippen LogP contribution in [0.2, 0.25) is 5.02 Å². The highest BCUT2D eigenvalue weighted by Gasteiger charge is 2.26. The van der Waals surface area contributed by atoms with Gasteiger partial charge < -0.3 is 14.5 Å². The predicted octanol–water partition coefficient (Wildman–Crippen LogP) is 3.56. The summed E-state index contributed by atoms with van der Waals surface area (Å²) in [7, 11) is 0. The Kier molecular flexibility index (Phi) is 4.14. The molecule has 1 aromatic carbocycles. The minimum atomic E-state index is 0.339. The van der Waals surface area contributed by atoms with Gasteiger partial charge in [-0.05, 0) is 37.1 Å². The first-order chi connectivity index (χ1) is 11.3. The van der Waals surface area contributed by atoms with Crippen LogP contribution in [0.3, 0.4) is 0 Å². The van der Waals surface area contributed by atoms with Gasteiger partial charge in [0.25, 0.3) is 0 Å². The molecule has 2 aromatic rings. The maximum absolute atomic E-state index is 6.36. The number of hydrogen-bond acceptors (Lipinski definition) is 4. The van der Waals surface area contributed by atoms with Crippen LogP contribution in [0.4, 0.5) is 0 Å². The lowest BCUT2D eigenvalue weighted by Gasteiger charge is -2.34. The standard InChI is InChI=1S/C17H20ClN3O2/c18-13-9-12(10-15-16(13)23-8-7-22-15)11-21-6-2-1-3-14(21)17-19-4-5-20-17/h4-5,9-10,14H,1-3,6-8,11H2,(H,19,20). The van der Waals surface area contributed by atoms with Crippen molar-refractivity contribution in [3.05, 3.63) is 40.9 Å². The zero-order chi connectivity index (χ0) is 15.6. The Morgan fingerprint density at radius 2 is 2.17 bits per heavy atom. The second kappa shape index (κ2) is 6.42. The third-order valence-electron chi connectivity index (χ3n) is 4.49. The molecule has 0 bridgehead atoms. The average molecular weight is 334 g/mol. The molecular formula is C17H20ClN3O2. The molecule has 2 aliphatic rings. The molecule has 6 heteroatoms. The van der Waals surface area contributed by atoms with Crippen LogP contribution in [0, 0.1) is 0 Å². The number of ether oxygens (including phenoxy) is 2. The van der Waals surface area contributed by atoms with Crippen molar-refractivity contribution in [1.82, 2.24) is 14.9 Å². The largest absolute Gasteiger partial charge is 0.486 e. The maximum atomic E-state index is 6.36. The van der Waals surface area contributed by atoms with E-state index < -0.39 is 0 Å². The van der Waals surface area contributed by atoms with E-state index in [0.717, 1.165) is 36.6 Å². The molecule has 5 nitrogen and oxygen atoms in total. The van der Waals surface area contributed by atoms with Gasteiger partial charge in [-0.1, -0.05) is 18.0 Å². The van der Waals surface area contributed by atoms with Gasteiger partial charge in [-0.3, -0.25) is 4.90 Å². The summed E-state index contributed by atoms with van der Waals surface area (Å²) in [5, 5.41) is 0.628. The Morgan fingerprint density at radius 3 is 3.04 bits per heavy atom. The molecule has 4 rings (SSSR count). The molecule has 1 fully saturated rings. The van der Waals surface area contributed by atoms with E-state index in [1.807, 2.05) is 24.5 Å². The highest BCUT2D eigenvalue weighted by Crippen LogP contribution is 2.39. The fraction of sp³-hybridized carbons (Fsp3) is 0.471. The molecule has 1 N–H and O–H groups in total. The normalized spacial score (nSPS) is 21.3. The molecule has 0 amide bonds. The van der Waals surface area contributed by atoms with Gasteiger partial charge in [-0.2, -0.15) is 0 Å². The Bertz CT molecular complexity index is 675. The lowest BCUT2D eigenvalue weighted by atomic mass is 10.0. The van der Waals surface area contributed by atoms with Crippen LogP contribution in [0.25, 0.3) is 0 Å². The van der Waals surface area contributed by atoms with Gasteiger partial charge in [0.1, 0.15) is 19.0 Å². The number of imidazole rings is 1. The number of piperidine rings is 1. The molecule has 3 heterocycles. The van der Waals surface area contributed by atoms with Crippen LogP contribution in [0.1, 0.15) is 36.7 Å². The summed E-state index contributed by atoms with van der Waals surface area (Å²) in [6.45, 7) is 3.03. The number of hydrogen-bond donors (Lipinski definition) is 1. The van der Waals surface area contributed by atoms with Gasteiger partial charge in [0.15, 0.2) is 11.5 Å². The molecule has 1 aromatic heterocycles. The van der Waals surface area contributed by atoms with E-state index in [0.29, 0.717) is 30.0 Å². The molecule has 0 radical (unpaired) electrons. The predicted molar refractivity (Wildman–Crippen MR) is 88.0 cm³/mol. The minimum absolute atomic E-state index is 0.339. The third-order valence-corrected chi connectivity index (χ3v) is 4.77. The van der Waals surface area contributed by atoms with Crippen molar-refractivity contribution in [3.63, 3.8) is 0 Å². The van der Waals surface area contributed by atoms with Gasteiger partial charge in [0, 0.05) is 18.9 Å². The quantitative estimate of drug-likeness (QED) is 0.933. The number of rotatable bonds is 3. The van der Waals surface area contributed by atoms with E-state index in [2.05, 4.69) is 14.9 Å². The van der Waals surface area contributed by atoms with Gasteiger partial charge in [-0.25, -0.2) is 4.98 Å². The van der Waals surface area contributed by atoms with E-state index in [1.165, 1.54) is 12.8 Å². The van der Waals surface area contributed by atoms with E-state index in [4.69, 9.17) is 21.1 Å². The molecule has 2 aliphatic heterocycles. The van der Waals surface area contributed by atoms with Crippen LogP contribution >= 0.6 is 11.6 Å². The average Bonchev–Trinajstić information content (AvgIpc) is 3.10. The van der Waals surface area contributed by atoms with Crippen LogP contribution < -0.4 is 9.47 Å². The third kappa shape index (κ3) is 3.03. The number of halogens is 1. The molecule has 0 saturated carbocycles. The zero-order valence-corrected chi connectivity index (χ0v) is 13.7. The monoisotopic (exact) mass is 333 g/mol. The van der Waals surface area contributed by atoms with Gasteiger partial charge in [0.2, 0.25) is 0 Å². The number of likely N-dealkylation sites (tertiary alicyclic amines) is 1. The zero-order valence-electron chi connectivity index (χ0n) is 12.9. The number of fused-ring (bicyclic) bond motifs is 1. The van der Waals surface area contributed by atoms with Gasteiger partial charge in [-0.15, -0.1) is 0 Å². The van der Waals surface area contributed by atoms with Crippen molar-refractivity contribution >= 4 is 11.6 Å². The minimum Gasteiger partial charge on any atom is -0.486 e. The molecule has 122 valence electrons. The van der Waals surface area contributed by atoms with Crippen molar-refractivity contribution in [2.45, 2.75) is 31.8 Å². The number of H-pyrrole nitrogens is 1. The van der Waals surface area contributed by atoms with Crippen LogP contribution in [0.5, 0.6) is 11.5 Å². The number of nitrogens with one attached hydrogen (secondary N) is 1. The van der Waals surface area contributed by atoms with Crippen LogP contribution in [0.15, 0.2) is 24.5 Å². The molecule has 1 unspecified atom stereocenters. The summed E-state index contributed by atoms with van der Waals surface area (Å²) in [6.07, 6.45) is 7.30. The molecular weight excluding hydrogens is 314 g/mol. The summed E-state index contributed by atoms with van der Waals surface area (Å²) >= 11 is 6.36. The summed E-state index contributed by atoms with van der Waals surface area (Å²) in [5.41, 5.74) is 1.15. The van der Waals surface area contributed by atoms with E-state index in [-0.39, 0.29) is 0 Å². The van der Waals surface area contributed by atoms with E-state index in [1.54, 1.807) is 0 Å². The van der Waals surface area contributed by atoms with Crippen molar-refractivity contribution in [2.75, 3.05) is 19.8 Å².